The third kappa shape index (κ3) is 7.41. The summed E-state index contributed by atoms with van der Waals surface area (Å²) < 4.78 is 49.4. The number of amides is 1. The van der Waals surface area contributed by atoms with Gasteiger partial charge in [0.15, 0.2) is 11.5 Å². The van der Waals surface area contributed by atoms with Gasteiger partial charge in [0.05, 0.1) is 25.4 Å². The van der Waals surface area contributed by atoms with Crippen LogP contribution in [0.2, 0.25) is 5.02 Å². The number of halogens is 4. The van der Waals surface area contributed by atoms with Gasteiger partial charge in [0.25, 0.3) is 5.91 Å². The number of nitrogens with one attached hydrogen (secondary N) is 2. The van der Waals surface area contributed by atoms with Crippen LogP contribution in [0.15, 0.2) is 71.8 Å². The highest BCUT2D eigenvalue weighted by molar-refractivity contribution is 6.30. The highest BCUT2D eigenvalue weighted by Crippen LogP contribution is 2.31. The topological polar surface area (TPSA) is 72.0 Å². The minimum absolute atomic E-state index is 0.174. The van der Waals surface area contributed by atoms with Crippen molar-refractivity contribution in [3.8, 4) is 11.5 Å². The van der Waals surface area contributed by atoms with Crippen LogP contribution in [0.3, 0.4) is 0 Å². The maximum absolute atomic E-state index is 12.8. The lowest BCUT2D eigenvalue weighted by molar-refractivity contribution is -0.137. The van der Waals surface area contributed by atoms with Gasteiger partial charge < -0.3 is 14.8 Å². The molecule has 0 bridgehead atoms. The first kappa shape index (κ1) is 24.9. The zero-order chi connectivity index (χ0) is 24.6. The zero-order valence-corrected chi connectivity index (χ0v) is 18.8. The first-order chi connectivity index (χ1) is 16.2. The smallest absolute Gasteiger partial charge is 0.416 e. The summed E-state index contributed by atoms with van der Waals surface area (Å²) in [4.78, 5) is 11.9. The molecule has 2 N–H and O–H groups in total. The summed E-state index contributed by atoms with van der Waals surface area (Å²) >= 11 is 5.88. The highest BCUT2D eigenvalue weighted by Gasteiger charge is 2.30. The van der Waals surface area contributed by atoms with E-state index in [4.69, 9.17) is 21.1 Å². The van der Waals surface area contributed by atoms with E-state index >= 15 is 0 Å². The van der Waals surface area contributed by atoms with Crippen molar-refractivity contribution in [3.05, 3.63) is 88.4 Å². The molecule has 0 saturated heterocycles. The third-order valence-corrected chi connectivity index (χ3v) is 4.79. The summed E-state index contributed by atoms with van der Waals surface area (Å²) in [6, 6.07) is 17.0. The first-order valence-electron chi connectivity index (χ1n) is 10.0. The molecule has 6 nitrogen and oxygen atoms in total. The summed E-state index contributed by atoms with van der Waals surface area (Å²) in [5.74, 6) is 0.489. The van der Waals surface area contributed by atoms with Gasteiger partial charge in [-0.3, -0.25) is 4.79 Å². The molecular formula is C24H21ClF3N3O3. The van der Waals surface area contributed by atoms with Crippen LogP contribution in [-0.2, 0) is 17.6 Å². The number of rotatable bonds is 9. The Morgan fingerprint density at radius 1 is 1.06 bits per heavy atom. The number of benzene rings is 3. The largest absolute Gasteiger partial charge is 0.493 e. The Bertz CT molecular complexity index is 1150. The molecule has 0 aliphatic heterocycles. The Morgan fingerprint density at radius 2 is 1.82 bits per heavy atom. The van der Waals surface area contributed by atoms with Gasteiger partial charge in [-0.05, 0) is 59.7 Å². The second kappa shape index (κ2) is 11.4. The van der Waals surface area contributed by atoms with Gasteiger partial charge in [-0.2, -0.15) is 18.3 Å². The lowest BCUT2D eigenvalue weighted by Gasteiger charge is -2.11. The zero-order valence-electron chi connectivity index (χ0n) is 18.0. The van der Waals surface area contributed by atoms with Gasteiger partial charge in [-0.25, -0.2) is 5.43 Å². The average Bonchev–Trinajstić information content (AvgIpc) is 2.82. The van der Waals surface area contributed by atoms with Crippen LogP contribution in [0.25, 0.3) is 0 Å². The summed E-state index contributed by atoms with van der Waals surface area (Å²) in [7, 11) is 1.51. The van der Waals surface area contributed by atoms with Crippen LogP contribution in [0.1, 0.15) is 16.7 Å². The summed E-state index contributed by atoms with van der Waals surface area (Å²) in [6.45, 7) is 0.0787. The first-order valence-corrected chi connectivity index (χ1v) is 10.4. The number of anilines is 1. The SMILES string of the molecule is COc1cc(/C=N/NC(=O)CNc2cccc(C(F)(F)F)c2)ccc1OCc1ccc(Cl)cc1. The fourth-order valence-corrected chi connectivity index (χ4v) is 2.96. The Balaban J connectivity index is 1.51. The van der Waals surface area contributed by atoms with E-state index in [1.54, 1.807) is 30.3 Å². The average molecular weight is 492 g/mol. The lowest BCUT2D eigenvalue weighted by atomic mass is 10.2. The monoisotopic (exact) mass is 491 g/mol. The van der Waals surface area contributed by atoms with Gasteiger partial charge in [0.1, 0.15) is 6.61 Å². The third-order valence-electron chi connectivity index (χ3n) is 4.54. The minimum Gasteiger partial charge on any atom is -0.493 e. The minimum atomic E-state index is -4.46. The van der Waals surface area contributed by atoms with Gasteiger partial charge in [0.2, 0.25) is 0 Å². The highest BCUT2D eigenvalue weighted by atomic mass is 35.5. The molecule has 0 aliphatic rings. The lowest BCUT2D eigenvalue weighted by Crippen LogP contribution is -2.26. The number of hydrogen-bond donors (Lipinski definition) is 2. The fourth-order valence-electron chi connectivity index (χ4n) is 2.83. The Morgan fingerprint density at radius 3 is 2.53 bits per heavy atom. The molecule has 3 rings (SSSR count). The fraction of sp³-hybridized carbons (Fsp3) is 0.167. The van der Waals surface area contributed by atoms with E-state index in [9.17, 15) is 18.0 Å². The molecule has 178 valence electrons. The molecule has 3 aromatic rings. The molecule has 10 heteroatoms. The molecule has 0 aliphatic carbocycles. The maximum Gasteiger partial charge on any atom is 0.416 e. The van der Waals surface area contributed by atoms with Crippen molar-refractivity contribution in [1.29, 1.82) is 0 Å². The molecule has 0 unspecified atom stereocenters. The molecule has 0 atom stereocenters. The normalized spacial score (nSPS) is 11.3. The molecule has 0 fully saturated rings. The van der Waals surface area contributed by atoms with Crippen LogP contribution in [0, 0.1) is 0 Å². The van der Waals surface area contributed by atoms with E-state index in [1.165, 1.54) is 25.5 Å². The van der Waals surface area contributed by atoms with Crippen LogP contribution in [-0.4, -0.2) is 25.8 Å². The van der Waals surface area contributed by atoms with Crippen molar-refractivity contribution in [3.63, 3.8) is 0 Å². The molecule has 0 saturated carbocycles. The van der Waals surface area contributed by atoms with E-state index < -0.39 is 17.6 Å². The van der Waals surface area contributed by atoms with E-state index in [1.807, 2.05) is 12.1 Å². The van der Waals surface area contributed by atoms with Gasteiger partial charge in [0, 0.05) is 10.7 Å². The van der Waals surface area contributed by atoms with Gasteiger partial charge in [-0.1, -0.05) is 29.8 Å². The van der Waals surface area contributed by atoms with Crippen molar-refractivity contribution in [2.75, 3.05) is 19.0 Å². The molecule has 3 aromatic carbocycles. The summed E-state index contributed by atoms with van der Waals surface area (Å²) in [5.41, 5.74) is 3.27. The number of alkyl halides is 3. The predicted molar refractivity (Wildman–Crippen MR) is 124 cm³/mol. The van der Waals surface area contributed by atoms with E-state index in [0.717, 1.165) is 17.7 Å². The summed E-state index contributed by atoms with van der Waals surface area (Å²) in [5, 5.41) is 7.14. The molecule has 34 heavy (non-hydrogen) atoms. The Hall–Kier alpha value is -3.72. The quantitative estimate of drug-likeness (QED) is 0.306. The maximum atomic E-state index is 12.8. The van der Waals surface area contributed by atoms with Crippen molar-refractivity contribution < 1.29 is 27.4 Å². The Labute approximate surface area is 199 Å². The molecule has 0 heterocycles. The number of methoxy groups -OCH3 is 1. The van der Waals surface area contributed by atoms with E-state index in [2.05, 4.69) is 15.8 Å². The van der Waals surface area contributed by atoms with E-state index in [0.29, 0.717) is 28.7 Å². The number of nitrogens with zero attached hydrogens (tertiary/aromatic N) is 1. The molecule has 0 spiro atoms. The number of ether oxygens (including phenoxy) is 2. The number of hydrogen-bond acceptors (Lipinski definition) is 5. The second-order valence-corrected chi connectivity index (χ2v) is 7.49. The van der Waals surface area contributed by atoms with Crippen molar-refractivity contribution in [2.45, 2.75) is 12.8 Å². The number of hydrazone groups is 1. The summed E-state index contributed by atoms with van der Waals surface area (Å²) in [6.07, 6.45) is -3.05. The standard InChI is InChI=1S/C24H21ClF3N3O3/c1-33-22-11-17(7-10-21(22)34-15-16-5-8-19(25)9-6-16)13-30-31-23(32)14-29-20-4-2-3-18(12-20)24(26,27)28/h2-13,29H,14-15H2,1H3,(H,31,32)/b30-13+. The molecule has 0 radical (unpaired) electrons. The van der Waals surface area contributed by atoms with E-state index in [-0.39, 0.29) is 12.2 Å². The molecule has 1 amide bonds. The van der Waals surface area contributed by atoms with Crippen LogP contribution < -0.4 is 20.2 Å². The van der Waals surface area contributed by atoms with Crippen molar-refractivity contribution >= 4 is 29.4 Å². The molecular weight excluding hydrogens is 471 g/mol. The number of carbonyl (C=O) groups is 1. The van der Waals surface area contributed by atoms with Crippen LogP contribution >= 0.6 is 11.6 Å². The van der Waals surface area contributed by atoms with Crippen molar-refractivity contribution in [2.24, 2.45) is 5.10 Å². The van der Waals surface area contributed by atoms with Crippen molar-refractivity contribution in [1.82, 2.24) is 5.43 Å². The number of carbonyl (C=O) groups excluding carboxylic acids is 1. The van der Waals surface area contributed by atoms with Crippen LogP contribution in [0.4, 0.5) is 18.9 Å². The van der Waals surface area contributed by atoms with Gasteiger partial charge in [-0.15, -0.1) is 0 Å². The molecule has 0 aromatic heterocycles. The Kier molecular flexibility index (Phi) is 8.37. The van der Waals surface area contributed by atoms with Gasteiger partial charge >= 0.3 is 6.18 Å². The predicted octanol–water partition coefficient (Wildman–Crippen LogP) is 5.51. The second-order valence-electron chi connectivity index (χ2n) is 7.05. The van der Waals surface area contributed by atoms with Crippen LogP contribution in [0.5, 0.6) is 11.5 Å².